The summed E-state index contributed by atoms with van der Waals surface area (Å²) in [4.78, 5) is 14.2. The summed E-state index contributed by atoms with van der Waals surface area (Å²) in [7, 11) is 1.96. The van der Waals surface area contributed by atoms with Gasteiger partial charge in [-0.1, -0.05) is 18.2 Å². The number of halogens is 1. The lowest BCUT2D eigenvalue weighted by Crippen LogP contribution is -3.08. The average Bonchev–Trinajstić information content (AvgIpc) is 2.94. The van der Waals surface area contributed by atoms with Crippen LogP contribution in [-0.2, 0) is 17.8 Å². The molecule has 0 aliphatic heterocycles. The lowest BCUT2D eigenvalue weighted by atomic mass is 10.2. The number of hydrogen-bond acceptors (Lipinski definition) is 2. The minimum Gasteiger partial charge on any atom is -0.351 e. The highest BCUT2D eigenvalue weighted by molar-refractivity contribution is 7.09. The highest BCUT2D eigenvalue weighted by Gasteiger charge is 2.10. The molecule has 1 aromatic heterocycles. The molecule has 0 saturated heterocycles. The summed E-state index contributed by atoms with van der Waals surface area (Å²) >= 11 is 1.70. The van der Waals surface area contributed by atoms with Crippen LogP contribution in [0.15, 0.2) is 41.8 Å². The zero-order valence-electron chi connectivity index (χ0n) is 12.1. The van der Waals surface area contributed by atoms with Gasteiger partial charge in [-0.2, -0.15) is 0 Å². The second-order valence-corrected chi connectivity index (χ2v) is 6.15. The maximum Gasteiger partial charge on any atom is 0.275 e. The molecule has 0 aliphatic rings. The predicted octanol–water partition coefficient (Wildman–Crippen LogP) is 1.26. The molecule has 5 heteroatoms. The van der Waals surface area contributed by atoms with Gasteiger partial charge in [0.25, 0.3) is 5.91 Å². The fraction of sp³-hybridized carbons (Fsp3) is 0.312. The van der Waals surface area contributed by atoms with Crippen LogP contribution in [0.3, 0.4) is 0 Å². The van der Waals surface area contributed by atoms with Crippen LogP contribution >= 0.6 is 11.3 Å². The summed E-state index contributed by atoms with van der Waals surface area (Å²) in [6.07, 6.45) is 0.875. The Labute approximate surface area is 128 Å². The number of hydrogen-bond donors (Lipinski definition) is 2. The Morgan fingerprint density at radius 1 is 1.29 bits per heavy atom. The molecule has 0 bridgehead atoms. The van der Waals surface area contributed by atoms with Gasteiger partial charge in [-0.25, -0.2) is 4.39 Å². The smallest absolute Gasteiger partial charge is 0.275 e. The normalized spacial score (nSPS) is 12.1. The molecule has 1 unspecified atom stereocenters. The lowest BCUT2D eigenvalue weighted by Gasteiger charge is -2.13. The molecule has 112 valence electrons. The fourth-order valence-electron chi connectivity index (χ4n) is 2.13. The zero-order chi connectivity index (χ0) is 15.1. The molecule has 0 spiro atoms. The van der Waals surface area contributed by atoms with E-state index in [0.29, 0.717) is 19.6 Å². The molecule has 2 rings (SSSR count). The van der Waals surface area contributed by atoms with Crippen LogP contribution in [0.5, 0.6) is 0 Å². The van der Waals surface area contributed by atoms with E-state index < -0.39 is 0 Å². The van der Waals surface area contributed by atoms with E-state index in [0.717, 1.165) is 16.9 Å². The van der Waals surface area contributed by atoms with E-state index in [1.807, 2.05) is 18.5 Å². The van der Waals surface area contributed by atoms with E-state index in [-0.39, 0.29) is 11.7 Å². The second-order valence-electron chi connectivity index (χ2n) is 5.12. The van der Waals surface area contributed by atoms with Crippen molar-refractivity contribution in [3.63, 3.8) is 0 Å². The number of nitrogens with one attached hydrogen (secondary N) is 2. The van der Waals surface area contributed by atoms with E-state index in [4.69, 9.17) is 0 Å². The summed E-state index contributed by atoms with van der Waals surface area (Å²) in [6.45, 7) is 1.80. The molecular weight excluding hydrogens is 287 g/mol. The molecule has 0 radical (unpaired) electrons. The quantitative estimate of drug-likeness (QED) is 0.793. The molecule has 2 aromatic rings. The van der Waals surface area contributed by atoms with Crippen LogP contribution in [0.25, 0.3) is 0 Å². The van der Waals surface area contributed by atoms with E-state index in [9.17, 15) is 9.18 Å². The lowest BCUT2D eigenvalue weighted by molar-refractivity contribution is -0.885. The van der Waals surface area contributed by atoms with Crippen LogP contribution in [0.2, 0.25) is 0 Å². The summed E-state index contributed by atoms with van der Waals surface area (Å²) < 4.78 is 12.8. The Morgan fingerprint density at radius 2 is 2.05 bits per heavy atom. The van der Waals surface area contributed by atoms with E-state index in [1.54, 1.807) is 23.5 Å². The van der Waals surface area contributed by atoms with Crippen LogP contribution in [-0.4, -0.2) is 26.0 Å². The highest BCUT2D eigenvalue weighted by atomic mass is 32.1. The molecule has 0 fully saturated rings. The topological polar surface area (TPSA) is 33.5 Å². The minimum absolute atomic E-state index is 0.0474. The van der Waals surface area contributed by atoms with E-state index >= 15 is 0 Å². The first kappa shape index (κ1) is 15.7. The summed E-state index contributed by atoms with van der Waals surface area (Å²) in [5.74, 6) is -0.186. The summed E-state index contributed by atoms with van der Waals surface area (Å²) in [6, 6.07) is 10.5. The molecule has 0 aliphatic carbocycles. The standard InChI is InChI=1S/C16H19FN2OS/c1-19(11-13-4-6-14(17)7-5-13)12-16(20)18-9-8-15-3-2-10-21-15/h2-7,10H,8-9,11-12H2,1H3,(H,18,20)/p+1. The Morgan fingerprint density at radius 3 is 2.71 bits per heavy atom. The van der Waals surface area contributed by atoms with Gasteiger partial charge in [-0.05, 0) is 30.0 Å². The van der Waals surface area contributed by atoms with Crippen LogP contribution in [0, 0.1) is 5.82 Å². The number of quaternary nitrogens is 1. The van der Waals surface area contributed by atoms with Crippen molar-refractivity contribution in [2.24, 2.45) is 0 Å². The zero-order valence-corrected chi connectivity index (χ0v) is 12.9. The van der Waals surface area contributed by atoms with Gasteiger partial charge in [0.05, 0.1) is 7.05 Å². The Bertz CT molecular complexity index is 554. The summed E-state index contributed by atoms with van der Waals surface area (Å²) in [5, 5.41) is 4.97. The molecule has 1 atom stereocenters. The number of amides is 1. The maximum atomic E-state index is 12.8. The monoisotopic (exact) mass is 307 g/mol. The van der Waals surface area contributed by atoms with E-state index in [2.05, 4.69) is 11.4 Å². The molecule has 21 heavy (non-hydrogen) atoms. The van der Waals surface area contributed by atoms with Gasteiger partial charge in [-0.3, -0.25) is 4.79 Å². The van der Waals surface area contributed by atoms with Crippen molar-refractivity contribution in [3.05, 3.63) is 58.0 Å². The van der Waals surface area contributed by atoms with E-state index in [1.165, 1.54) is 17.0 Å². The van der Waals surface area contributed by atoms with Crippen LogP contribution in [0.1, 0.15) is 10.4 Å². The minimum atomic E-state index is -0.234. The number of thiophene rings is 1. The van der Waals surface area contributed by atoms with Gasteiger partial charge in [0.2, 0.25) is 0 Å². The predicted molar refractivity (Wildman–Crippen MR) is 82.9 cm³/mol. The first-order valence-corrected chi connectivity index (χ1v) is 7.86. The van der Waals surface area contributed by atoms with Crippen molar-refractivity contribution in [1.82, 2.24) is 5.32 Å². The Kier molecular flexibility index (Phi) is 5.90. The Hall–Kier alpha value is -1.72. The molecule has 1 amide bonds. The third kappa shape index (κ3) is 5.65. The average molecular weight is 307 g/mol. The largest absolute Gasteiger partial charge is 0.351 e. The fourth-order valence-corrected chi connectivity index (χ4v) is 2.84. The number of benzene rings is 1. The molecule has 1 heterocycles. The molecule has 1 aromatic carbocycles. The van der Waals surface area contributed by atoms with Crippen molar-refractivity contribution < 1.29 is 14.1 Å². The van der Waals surface area contributed by atoms with Gasteiger partial charge in [0.1, 0.15) is 12.4 Å². The first-order valence-electron chi connectivity index (χ1n) is 6.98. The van der Waals surface area contributed by atoms with Crippen molar-refractivity contribution >= 4 is 17.2 Å². The highest BCUT2D eigenvalue weighted by Crippen LogP contribution is 2.07. The molecule has 3 nitrogen and oxygen atoms in total. The van der Waals surface area contributed by atoms with Gasteiger partial charge >= 0.3 is 0 Å². The summed E-state index contributed by atoms with van der Waals surface area (Å²) in [5.41, 5.74) is 1.03. The molecule has 0 saturated carbocycles. The van der Waals surface area contributed by atoms with Crippen molar-refractivity contribution in [2.75, 3.05) is 20.1 Å². The van der Waals surface area contributed by atoms with Crippen LogP contribution < -0.4 is 10.2 Å². The number of carbonyl (C=O) groups excluding carboxylic acids is 1. The molecule has 2 N–H and O–H groups in total. The van der Waals surface area contributed by atoms with Crippen molar-refractivity contribution in [2.45, 2.75) is 13.0 Å². The first-order chi connectivity index (χ1) is 10.1. The van der Waals surface area contributed by atoms with Gasteiger partial charge in [0.15, 0.2) is 6.54 Å². The Balaban J connectivity index is 1.68. The third-order valence-corrected chi connectivity index (χ3v) is 4.09. The van der Waals surface area contributed by atoms with Gasteiger partial charge < -0.3 is 10.2 Å². The number of carbonyl (C=O) groups is 1. The van der Waals surface area contributed by atoms with Crippen LogP contribution in [0.4, 0.5) is 4.39 Å². The van der Waals surface area contributed by atoms with Gasteiger partial charge in [0, 0.05) is 17.0 Å². The SMILES string of the molecule is C[NH+](CC(=O)NCCc1cccs1)Cc1ccc(F)cc1. The number of likely N-dealkylation sites (N-methyl/N-ethyl adjacent to an activating group) is 1. The third-order valence-electron chi connectivity index (χ3n) is 3.16. The second kappa shape index (κ2) is 7.90. The number of rotatable bonds is 7. The molecular formula is C16H20FN2OS+. The van der Waals surface area contributed by atoms with Crippen molar-refractivity contribution in [1.29, 1.82) is 0 Å². The maximum absolute atomic E-state index is 12.8. The van der Waals surface area contributed by atoms with Gasteiger partial charge in [-0.15, -0.1) is 11.3 Å². The van der Waals surface area contributed by atoms with Crippen molar-refractivity contribution in [3.8, 4) is 0 Å².